The molecule has 6 nitrogen and oxygen atoms in total. The molecule has 0 radical (unpaired) electrons. The Morgan fingerprint density at radius 1 is 1.04 bits per heavy atom. The van der Waals surface area contributed by atoms with E-state index in [0.717, 1.165) is 16.8 Å². The average molecular weight is 319 g/mol. The van der Waals surface area contributed by atoms with E-state index in [0.29, 0.717) is 12.4 Å². The van der Waals surface area contributed by atoms with Gasteiger partial charge in [0, 0.05) is 24.6 Å². The van der Waals surface area contributed by atoms with Crippen molar-refractivity contribution in [1.29, 1.82) is 0 Å². The minimum Gasteiger partial charge on any atom is -0.364 e. The highest BCUT2D eigenvalue weighted by molar-refractivity contribution is 6.03. The Balaban J connectivity index is 1.61. The van der Waals surface area contributed by atoms with Crippen LogP contribution in [0.4, 0.5) is 11.5 Å². The molecule has 0 aliphatic heterocycles. The van der Waals surface area contributed by atoms with Crippen LogP contribution in [0.5, 0.6) is 0 Å². The third-order valence-electron chi connectivity index (χ3n) is 3.49. The van der Waals surface area contributed by atoms with E-state index in [4.69, 9.17) is 0 Å². The first-order valence-electron chi connectivity index (χ1n) is 7.56. The molecule has 1 aromatic carbocycles. The fourth-order valence-electron chi connectivity index (χ4n) is 2.14. The maximum Gasteiger partial charge on any atom is 0.276 e. The lowest BCUT2D eigenvalue weighted by molar-refractivity contribution is 0.102. The molecule has 0 saturated heterocycles. The Morgan fingerprint density at radius 2 is 1.92 bits per heavy atom. The first kappa shape index (κ1) is 15.6. The summed E-state index contributed by atoms with van der Waals surface area (Å²) >= 11 is 0. The van der Waals surface area contributed by atoms with Crippen molar-refractivity contribution < 1.29 is 4.79 Å². The topological polar surface area (TPSA) is 79.8 Å². The summed E-state index contributed by atoms with van der Waals surface area (Å²) in [4.78, 5) is 16.3. The molecule has 0 fully saturated rings. The molecule has 2 aromatic heterocycles. The molecule has 0 atom stereocenters. The number of aromatic nitrogens is 3. The number of carbonyl (C=O) groups is 1. The van der Waals surface area contributed by atoms with Gasteiger partial charge in [-0.2, -0.15) is 0 Å². The molecule has 0 unspecified atom stereocenters. The number of benzene rings is 1. The number of hydrogen-bond acceptors (Lipinski definition) is 5. The van der Waals surface area contributed by atoms with E-state index >= 15 is 0 Å². The summed E-state index contributed by atoms with van der Waals surface area (Å²) in [6.45, 7) is 2.53. The van der Waals surface area contributed by atoms with Gasteiger partial charge in [0.05, 0.1) is 0 Å². The predicted molar refractivity (Wildman–Crippen MR) is 92.7 cm³/mol. The number of nitrogens with zero attached hydrogens (tertiary/aromatic N) is 3. The van der Waals surface area contributed by atoms with Crippen molar-refractivity contribution in [2.24, 2.45) is 0 Å². The Labute approximate surface area is 140 Å². The highest BCUT2D eigenvalue weighted by Gasteiger charge is 2.09. The number of pyridine rings is 1. The third-order valence-corrected chi connectivity index (χ3v) is 3.49. The number of nitrogens with one attached hydrogen (secondary N) is 2. The quantitative estimate of drug-likeness (QED) is 0.755. The molecule has 0 bridgehead atoms. The van der Waals surface area contributed by atoms with Crippen LogP contribution in [0, 0.1) is 6.92 Å². The summed E-state index contributed by atoms with van der Waals surface area (Å²) in [6, 6.07) is 14.8. The number of para-hydroxylation sites is 1. The summed E-state index contributed by atoms with van der Waals surface area (Å²) in [7, 11) is 0. The van der Waals surface area contributed by atoms with Gasteiger partial charge in [0.1, 0.15) is 5.82 Å². The summed E-state index contributed by atoms with van der Waals surface area (Å²) in [5.74, 6) is 0.321. The first-order chi connectivity index (χ1) is 11.7. The molecule has 6 heteroatoms. The molecule has 1 amide bonds. The Bertz CT molecular complexity index is 818. The maximum atomic E-state index is 12.2. The van der Waals surface area contributed by atoms with E-state index in [1.54, 1.807) is 24.5 Å². The monoisotopic (exact) mass is 319 g/mol. The van der Waals surface area contributed by atoms with Gasteiger partial charge in [-0.25, -0.2) is 0 Å². The summed E-state index contributed by atoms with van der Waals surface area (Å²) < 4.78 is 0. The van der Waals surface area contributed by atoms with Gasteiger partial charge in [0.15, 0.2) is 5.69 Å². The van der Waals surface area contributed by atoms with Crippen molar-refractivity contribution in [3.8, 4) is 0 Å². The fraction of sp³-hybridized carbons (Fsp3) is 0.111. The smallest absolute Gasteiger partial charge is 0.276 e. The van der Waals surface area contributed by atoms with Crippen LogP contribution in [-0.2, 0) is 6.54 Å². The molecule has 0 saturated carbocycles. The van der Waals surface area contributed by atoms with Crippen molar-refractivity contribution in [2.45, 2.75) is 13.5 Å². The number of anilines is 2. The van der Waals surface area contributed by atoms with Gasteiger partial charge in [-0.15, -0.1) is 10.2 Å². The minimum atomic E-state index is -0.282. The van der Waals surface area contributed by atoms with Gasteiger partial charge in [-0.1, -0.05) is 24.3 Å². The second-order valence-electron chi connectivity index (χ2n) is 5.29. The Morgan fingerprint density at radius 3 is 2.62 bits per heavy atom. The molecular formula is C18H17N5O. The van der Waals surface area contributed by atoms with Crippen LogP contribution in [-0.4, -0.2) is 21.1 Å². The minimum absolute atomic E-state index is 0.269. The van der Waals surface area contributed by atoms with Crippen molar-refractivity contribution in [3.05, 3.63) is 77.7 Å². The summed E-state index contributed by atoms with van der Waals surface area (Å²) in [5.41, 5.74) is 3.07. The van der Waals surface area contributed by atoms with Crippen LogP contribution < -0.4 is 10.6 Å². The second kappa shape index (κ2) is 7.32. The van der Waals surface area contributed by atoms with E-state index in [-0.39, 0.29) is 11.6 Å². The van der Waals surface area contributed by atoms with Gasteiger partial charge >= 0.3 is 0 Å². The van der Waals surface area contributed by atoms with E-state index in [1.807, 2.05) is 43.3 Å². The van der Waals surface area contributed by atoms with Gasteiger partial charge in [0.2, 0.25) is 0 Å². The number of aryl methyl sites for hydroxylation is 1. The van der Waals surface area contributed by atoms with Crippen LogP contribution in [0.3, 0.4) is 0 Å². The molecule has 3 aromatic rings. The summed E-state index contributed by atoms with van der Waals surface area (Å²) in [6.07, 6.45) is 3.51. The third kappa shape index (κ3) is 3.92. The normalized spacial score (nSPS) is 10.2. The fourth-order valence-corrected chi connectivity index (χ4v) is 2.14. The van der Waals surface area contributed by atoms with Gasteiger partial charge < -0.3 is 10.6 Å². The number of rotatable bonds is 5. The average Bonchev–Trinajstić information content (AvgIpc) is 2.63. The largest absolute Gasteiger partial charge is 0.364 e. The van der Waals surface area contributed by atoms with E-state index < -0.39 is 0 Å². The lowest BCUT2D eigenvalue weighted by atomic mass is 10.2. The molecule has 0 aliphatic carbocycles. The predicted octanol–water partition coefficient (Wildman–Crippen LogP) is 3.04. The van der Waals surface area contributed by atoms with Crippen LogP contribution >= 0.6 is 0 Å². The molecule has 2 N–H and O–H groups in total. The molecular weight excluding hydrogens is 302 g/mol. The van der Waals surface area contributed by atoms with Gasteiger partial charge in [-0.3, -0.25) is 9.78 Å². The highest BCUT2D eigenvalue weighted by Crippen LogP contribution is 2.14. The summed E-state index contributed by atoms with van der Waals surface area (Å²) in [5, 5.41) is 14.0. The van der Waals surface area contributed by atoms with E-state index in [9.17, 15) is 4.79 Å². The van der Waals surface area contributed by atoms with Gasteiger partial charge in [-0.05, 0) is 42.3 Å². The number of hydrogen-bond donors (Lipinski definition) is 2. The second-order valence-corrected chi connectivity index (χ2v) is 5.29. The SMILES string of the molecule is Cc1ccccc1NC(=O)c1ccc(NCc2cccnc2)nn1. The van der Waals surface area contributed by atoms with Crippen molar-refractivity contribution in [1.82, 2.24) is 15.2 Å². The van der Waals surface area contributed by atoms with Crippen molar-refractivity contribution in [3.63, 3.8) is 0 Å². The molecule has 2 heterocycles. The van der Waals surface area contributed by atoms with Crippen molar-refractivity contribution >= 4 is 17.4 Å². The number of carbonyl (C=O) groups excluding carboxylic acids is 1. The van der Waals surface area contributed by atoms with Crippen LogP contribution in [0.1, 0.15) is 21.6 Å². The molecule has 0 spiro atoms. The molecule has 3 rings (SSSR count). The van der Waals surface area contributed by atoms with E-state index in [1.165, 1.54) is 0 Å². The van der Waals surface area contributed by atoms with Crippen LogP contribution in [0.25, 0.3) is 0 Å². The van der Waals surface area contributed by atoms with Crippen molar-refractivity contribution in [2.75, 3.05) is 10.6 Å². The zero-order valence-electron chi connectivity index (χ0n) is 13.2. The lowest BCUT2D eigenvalue weighted by Crippen LogP contribution is -2.15. The zero-order valence-corrected chi connectivity index (χ0v) is 13.2. The van der Waals surface area contributed by atoms with Crippen LogP contribution in [0.2, 0.25) is 0 Å². The highest BCUT2D eigenvalue weighted by atomic mass is 16.1. The maximum absolute atomic E-state index is 12.2. The Hall–Kier alpha value is -3.28. The first-order valence-corrected chi connectivity index (χ1v) is 7.56. The van der Waals surface area contributed by atoms with Gasteiger partial charge in [0.25, 0.3) is 5.91 Å². The molecule has 0 aliphatic rings. The van der Waals surface area contributed by atoms with Crippen LogP contribution in [0.15, 0.2) is 60.9 Å². The number of amides is 1. The standard InChI is InChI=1S/C18H17N5O/c1-13-5-2-3-7-15(13)21-18(24)16-8-9-17(23-22-16)20-12-14-6-4-10-19-11-14/h2-11H,12H2,1H3,(H,20,23)(H,21,24). The zero-order chi connectivity index (χ0) is 16.8. The molecule has 24 heavy (non-hydrogen) atoms. The van der Waals surface area contributed by atoms with E-state index in [2.05, 4.69) is 25.8 Å². The Kier molecular flexibility index (Phi) is 4.76. The molecule has 120 valence electrons. The lowest BCUT2D eigenvalue weighted by Gasteiger charge is -2.08.